The van der Waals surface area contributed by atoms with Crippen LogP contribution < -0.4 is 10.6 Å². The van der Waals surface area contributed by atoms with E-state index in [1.54, 1.807) is 13.8 Å². The van der Waals surface area contributed by atoms with Gasteiger partial charge in [-0.25, -0.2) is 14.8 Å². The van der Waals surface area contributed by atoms with E-state index >= 15 is 0 Å². The lowest BCUT2D eigenvalue weighted by atomic mass is 9.98. The predicted molar refractivity (Wildman–Crippen MR) is 92.8 cm³/mol. The summed E-state index contributed by atoms with van der Waals surface area (Å²) in [6.45, 7) is 4.49. The molecule has 1 aliphatic rings. The number of aryl methyl sites for hydroxylation is 1. The molecule has 0 aliphatic carbocycles. The molecule has 1 atom stereocenters. The van der Waals surface area contributed by atoms with Crippen molar-refractivity contribution in [2.24, 2.45) is 0 Å². The van der Waals surface area contributed by atoms with Gasteiger partial charge in [0.2, 0.25) is 11.9 Å². The van der Waals surface area contributed by atoms with Crippen molar-refractivity contribution in [3.8, 4) is 0 Å². The molecule has 25 heavy (non-hydrogen) atoms. The zero-order valence-corrected chi connectivity index (χ0v) is 14.2. The zero-order chi connectivity index (χ0) is 17.8. The fourth-order valence-corrected chi connectivity index (χ4v) is 2.75. The van der Waals surface area contributed by atoms with Gasteiger partial charge in [0.25, 0.3) is 0 Å². The summed E-state index contributed by atoms with van der Waals surface area (Å²) in [5.74, 6) is 0.313. The number of benzene rings is 1. The monoisotopic (exact) mass is 340 g/mol. The highest BCUT2D eigenvalue weighted by molar-refractivity contribution is 5.90. The van der Waals surface area contributed by atoms with Crippen LogP contribution in [0.5, 0.6) is 0 Å². The number of hydrogen-bond acceptors (Lipinski definition) is 6. The van der Waals surface area contributed by atoms with Crippen molar-refractivity contribution in [1.82, 2.24) is 15.3 Å². The lowest BCUT2D eigenvalue weighted by Gasteiger charge is -2.10. The van der Waals surface area contributed by atoms with E-state index < -0.39 is 5.97 Å². The van der Waals surface area contributed by atoms with Gasteiger partial charge in [0.15, 0.2) is 0 Å². The lowest BCUT2D eigenvalue weighted by molar-refractivity contribution is -0.119. The summed E-state index contributed by atoms with van der Waals surface area (Å²) in [6.07, 6.45) is 2.00. The van der Waals surface area contributed by atoms with Crippen LogP contribution in [0, 0.1) is 6.92 Å². The Kier molecular flexibility index (Phi) is 4.92. The number of amides is 1. The van der Waals surface area contributed by atoms with Gasteiger partial charge in [-0.2, -0.15) is 0 Å². The fourth-order valence-electron chi connectivity index (χ4n) is 2.75. The fraction of sp³-hybridized carbons (Fsp3) is 0.333. The van der Waals surface area contributed by atoms with Crippen molar-refractivity contribution in [3.63, 3.8) is 0 Å². The maximum atomic E-state index is 11.8. The van der Waals surface area contributed by atoms with Crippen molar-refractivity contribution in [3.05, 3.63) is 47.3 Å². The number of rotatable bonds is 5. The van der Waals surface area contributed by atoms with Gasteiger partial charge in [-0.1, -0.05) is 12.1 Å². The second-order valence-electron chi connectivity index (χ2n) is 5.87. The van der Waals surface area contributed by atoms with E-state index in [0.717, 1.165) is 11.3 Å². The SMILES string of the molecule is CCOC(=O)c1cnc(Nc2ccc(C3CNC(=O)C3)cc2)nc1C. The number of hydrogen-bond donors (Lipinski definition) is 2. The first-order valence-electron chi connectivity index (χ1n) is 8.21. The van der Waals surface area contributed by atoms with E-state index in [4.69, 9.17) is 4.74 Å². The smallest absolute Gasteiger partial charge is 0.341 e. The Morgan fingerprint density at radius 3 is 2.72 bits per heavy atom. The van der Waals surface area contributed by atoms with Crippen LogP contribution >= 0.6 is 0 Å². The molecule has 0 radical (unpaired) electrons. The Morgan fingerprint density at radius 1 is 1.36 bits per heavy atom. The van der Waals surface area contributed by atoms with Crippen LogP contribution in [-0.4, -0.2) is 35.0 Å². The van der Waals surface area contributed by atoms with Gasteiger partial charge >= 0.3 is 5.97 Å². The Labute approximate surface area is 145 Å². The normalized spacial score (nSPS) is 16.4. The highest BCUT2D eigenvalue weighted by Gasteiger charge is 2.22. The third-order valence-electron chi connectivity index (χ3n) is 4.09. The number of anilines is 2. The number of carbonyl (C=O) groups is 2. The van der Waals surface area contributed by atoms with Crippen LogP contribution in [0.4, 0.5) is 11.6 Å². The Morgan fingerprint density at radius 2 is 2.12 bits per heavy atom. The molecule has 2 N–H and O–H groups in total. The van der Waals surface area contributed by atoms with Crippen LogP contribution in [0.15, 0.2) is 30.5 Å². The number of esters is 1. The third kappa shape index (κ3) is 3.93. The first kappa shape index (κ1) is 16.9. The maximum Gasteiger partial charge on any atom is 0.341 e. The molecule has 130 valence electrons. The van der Waals surface area contributed by atoms with Gasteiger partial charge in [-0.3, -0.25) is 4.79 Å². The van der Waals surface area contributed by atoms with Gasteiger partial charge in [-0.15, -0.1) is 0 Å². The summed E-state index contributed by atoms with van der Waals surface area (Å²) in [5, 5.41) is 5.95. The Balaban J connectivity index is 1.69. The quantitative estimate of drug-likeness (QED) is 0.811. The second kappa shape index (κ2) is 7.29. The van der Waals surface area contributed by atoms with Crippen molar-refractivity contribution in [1.29, 1.82) is 0 Å². The average molecular weight is 340 g/mol. The largest absolute Gasteiger partial charge is 0.462 e. The molecule has 0 bridgehead atoms. The molecule has 1 aromatic heterocycles. The summed E-state index contributed by atoms with van der Waals surface area (Å²) < 4.78 is 4.97. The number of carbonyl (C=O) groups excluding carboxylic acids is 2. The minimum absolute atomic E-state index is 0.0952. The van der Waals surface area contributed by atoms with Crippen LogP contribution in [0.25, 0.3) is 0 Å². The van der Waals surface area contributed by atoms with Crippen molar-refractivity contribution < 1.29 is 14.3 Å². The van der Waals surface area contributed by atoms with E-state index in [-0.39, 0.29) is 11.8 Å². The maximum absolute atomic E-state index is 11.8. The van der Waals surface area contributed by atoms with E-state index in [9.17, 15) is 9.59 Å². The highest BCUT2D eigenvalue weighted by Crippen LogP contribution is 2.25. The van der Waals surface area contributed by atoms with Gasteiger partial charge in [0, 0.05) is 30.8 Å². The van der Waals surface area contributed by atoms with Crippen molar-refractivity contribution in [2.75, 3.05) is 18.5 Å². The molecule has 2 aromatic rings. The van der Waals surface area contributed by atoms with Crippen LogP contribution in [0.1, 0.15) is 40.9 Å². The molecule has 1 aromatic carbocycles. The Bertz CT molecular complexity index is 789. The average Bonchev–Trinajstić information content (AvgIpc) is 3.02. The van der Waals surface area contributed by atoms with Gasteiger partial charge in [-0.05, 0) is 31.5 Å². The number of nitrogens with zero attached hydrogens (tertiary/aromatic N) is 2. The van der Waals surface area contributed by atoms with E-state index in [0.29, 0.717) is 36.8 Å². The standard InChI is InChI=1S/C18H20N4O3/c1-3-25-17(24)15-10-20-18(21-11(15)2)22-14-6-4-12(5-7-14)13-8-16(23)19-9-13/h4-7,10,13H,3,8-9H2,1-2H3,(H,19,23)(H,20,21,22). The summed E-state index contributed by atoms with van der Waals surface area (Å²) in [5.41, 5.74) is 2.88. The van der Waals surface area contributed by atoms with Crippen LogP contribution in [-0.2, 0) is 9.53 Å². The first-order valence-corrected chi connectivity index (χ1v) is 8.21. The lowest BCUT2D eigenvalue weighted by Crippen LogP contribution is -2.13. The van der Waals surface area contributed by atoms with E-state index in [1.165, 1.54) is 6.20 Å². The Hall–Kier alpha value is -2.96. The number of aromatic nitrogens is 2. The molecule has 7 nitrogen and oxygen atoms in total. The summed E-state index contributed by atoms with van der Waals surface area (Å²) >= 11 is 0. The highest BCUT2D eigenvalue weighted by atomic mass is 16.5. The molecule has 3 rings (SSSR count). The molecule has 7 heteroatoms. The minimum Gasteiger partial charge on any atom is -0.462 e. The molecular weight excluding hydrogens is 320 g/mol. The molecular formula is C18H20N4O3. The molecule has 0 saturated carbocycles. The molecule has 1 amide bonds. The number of nitrogens with one attached hydrogen (secondary N) is 2. The molecule has 1 unspecified atom stereocenters. The van der Waals surface area contributed by atoms with Crippen LogP contribution in [0.3, 0.4) is 0 Å². The van der Waals surface area contributed by atoms with Crippen molar-refractivity contribution >= 4 is 23.5 Å². The summed E-state index contributed by atoms with van der Waals surface area (Å²) in [6, 6.07) is 7.84. The van der Waals surface area contributed by atoms with E-state index in [2.05, 4.69) is 20.6 Å². The second-order valence-corrected chi connectivity index (χ2v) is 5.87. The van der Waals surface area contributed by atoms with Gasteiger partial charge in [0.05, 0.1) is 17.9 Å². The first-order chi connectivity index (χ1) is 12.1. The summed E-state index contributed by atoms with van der Waals surface area (Å²) in [7, 11) is 0. The third-order valence-corrected chi connectivity index (χ3v) is 4.09. The molecule has 0 spiro atoms. The van der Waals surface area contributed by atoms with Gasteiger partial charge < -0.3 is 15.4 Å². The van der Waals surface area contributed by atoms with Crippen LogP contribution in [0.2, 0.25) is 0 Å². The van der Waals surface area contributed by atoms with E-state index in [1.807, 2.05) is 24.3 Å². The molecule has 1 saturated heterocycles. The summed E-state index contributed by atoms with van der Waals surface area (Å²) in [4.78, 5) is 31.6. The molecule has 1 fully saturated rings. The topological polar surface area (TPSA) is 93.2 Å². The predicted octanol–water partition coefficient (Wildman–Crippen LogP) is 2.31. The minimum atomic E-state index is -0.421. The zero-order valence-electron chi connectivity index (χ0n) is 14.2. The van der Waals surface area contributed by atoms with Crippen molar-refractivity contribution in [2.45, 2.75) is 26.2 Å². The molecule has 2 heterocycles. The number of ether oxygens (including phenoxy) is 1. The molecule has 1 aliphatic heterocycles. The van der Waals surface area contributed by atoms with Gasteiger partial charge in [0.1, 0.15) is 0 Å².